The lowest BCUT2D eigenvalue weighted by atomic mass is 10.2. The van der Waals surface area contributed by atoms with E-state index in [1.807, 2.05) is 0 Å². The zero-order chi connectivity index (χ0) is 18.8. The van der Waals surface area contributed by atoms with Crippen LogP contribution < -0.4 is 4.72 Å². The van der Waals surface area contributed by atoms with Crippen molar-refractivity contribution < 1.29 is 26.4 Å². The van der Waals surface area contributed by atoms with E-state index in [4.69, 9.17) is 4.74 Å². The predicted molar refractivity (Wildman–Crippen MR) is 93.5 cm³/mol. The molecular weight excluding hydrogens is 356 g/mol. The van der Waals surface area contributed by atoms with Crippen LogP contribution in [0, 0.1) is 0 Å². The second-order valence-corrected chi connectivity index (χ2v) is 9.47. The van der Waals surface area contributed by atoms with E-state index in [1.54, 1.807) is 0 Å². The Labute approximate surface area is 145 Å². The molecule has 0 aliphatic carbocycles. The van der Waals surface area contributed by atoms with Crippen LogP contribution in [0.4, 0.5) is 0 Å². The summed E-state index contributed by atoms with van der Waals surface area (Å²) in [6, 6.07) is 0. The van der Waals surface area contributed by atoms with E-state index in [0.717, 1.165) is 25.4 Å². The fraction of sp³-hybridized carbons (Fsp3) is 0.786. The molecule has 0 amide bonds. The Morgan fingerprint density at radius 2 is 1.62 bits per heavy atom. The van der Waals surface area contributed by atoms with Crippen LogP contribution in [0.2, 0.25) is 0 Å². The maximum atomic E-state index is 11.7. The third-order valence-electron chi connectivity index (χ3n) is 3.09. The summed E-state index contributed by atoms with van der Waals surface area (Å²) >= 11 is 0. The zero-order valence-electron chi connectivity index (χ0n) is 14.6. The summed E-state index contributed by atoms with van der Waals surface area (Å²) in [5, 5.41) is 0. The van der Waals surface area contributed by atoms with Crippen molar-refractivity contribution in [1.82, 2.24) is 9.03 Å². The molecule has 0 atom stereocenters. The molecule has 0 aromatic rings. The van der Waals surface area contributed by atoms with Crippen LogP contribution in [0.1, 0.15) is 32.6 Å². The van der Waals surface area contributed by atoms with E-state index in [9.17, 15) is 21.6 Å². The summed E-state index contributed by atoms with van der Waals surface area (Å²) in [4.78, 5) is 11.3. The highest BCUT2D eigenvalue weighted by molar-refractivity contribution is 7.88. The molecule has 10 heteroatoms. The van der Waals surface area contributed by atoms with Gasteiger partial charge in [-0.05, 0) is 19.8 Å². The molecule has 24 heavy (non-hydrogen) atoms. The number of carbonyl (C=O) groups excluding carboxylic acids is 1. The smallest absolute Gasteiger partial charge is 0.333 e. The fourth-order valence-corrected chi connectivity index (χ4v) is 3.21. The van der Waals surface area contributed by atoms with Gasteiger partial charge in [0.25, 0.3) is 0 Å². The number of nitrogens with one attached hydrogen (secondary N) is 1. The first-order valence-corrected chi connectivity index (χ1v) is 11.4. The van der Waals surface area contributed by atoms with Crippen LogP contribution in [-0.4, -0.2) is 65.9 Å². The monoisotopic (exact) mass is 384 g/mol. The van der Waals surface area contributed by atoms with Gasteiger partial charge in [-0.15, -0.1) is 0 Å². The van der Waals surface area contributed by atoms with Crippen molar-refractivity contribution in [2.45, 2.75) is 32.6 Å². The number of esters is 1. The van der Waals surface area contributed by atoms with E-state index in [2.05, 4.69) is 11.3 Å². The normalized spacial score (nSPS) is 12.3. The molecule has 142 valence electrons. The molecule has 0 aromatic heterocycles. The topological polar surface area (TPSA) is 110 Å². The number of hydrogen-bond donors (Lipinski definition) is 1. The molecule has 0 radical (unpaired) electrons. The molecule has 0 unspecified atom stereocenters. The first-order valence-electron chi connectivity index (χ1n) is 7.66. The second kappa shape index (κ2) is 10.8. The minimum atomic E-state index is -3.37. The molecule has 0 aliphatic heterocycles. The fourth-order valence-electron chi connectivity index (χ4n) is 1.83. The van der Waals surface area contributed by atoms with Crippen LogP contribution in [0.3, 0.4) is 0 Å². The number of hydrogen-bond acceptors (Lipinski definition) is 6. The average molecular weight is 385 g/mol. The first kappa shape index (κ1) is 23.0. The molecular formula is C14H28N2O6S2. The molecule has 8 nitrogen and oxygen atoms in total. The minimum absolute atomic E-state index is 0.0168. The van der Waals surface area contributed by atoms with Crippen LogP contribution in [0.15, 0.2) is 12.2 Å². The molecule has 0 fully saturated rings. The van der Waals surface area contributed by atoms with Gasteiger partial charge in [-0.1, -0.05) is 19.4 Å². The highest BCUT2D eigenvalue weighted by atomic mass is 32.2. The lowest BCUT2D eigenvalue weighted by Crippen LogP contribution is -2.34. The van der Waals surface area contributed by atoms with Gasteiger partial charge in [0, 0.05) is 25.2 Å². The van der Waals surface area contributed by atoms with Crippen LogP contribution in [0.5, 0.6) is 0 Å². The van der Waals surface area contributed by atoms with Crippen molar-refractivity contribution in [2.75, 3.05) is 38.8 Å². The van der Waals surface area contributed by atoms with E-state index in [0.29, 0.717) is 25.9 Å². The Morgan fingerprint density at radius 1 is 1.04 bits per heavy atom. The van der Waals surface area contributed by atoms with Crippen molar-refractivity contribution in [1.29, 1.82) is 0 Å². The van der Waals surface area contributed by atoms with Crippen LogP contribution in [-0.2, 0) is 29.6 Å². The van der Waals surface area contributed by atoms with E-state index in [1.165, 1.54) is 11.2 Å². The summed E-state index contributed by atoms with van der Waals surface area (Å²) in [7, 11) is -6.53. The van der Waals surface area contributed by atoms with Gasteiger partial charge in [0.05, 0.1) is 12.5 Å². The Hall–Kier alpha value is -0.970. The van der Waals surface area contributed by atoms with Crippen molar-refractivity contribution in [3.05, 3.63) is 12.2 Å². The minimum Gasteiger partial charge on any atom is -0.461 e. The molecule has 0 aliphatic rings. The van der Waals surface area contributed by atoms with E-state index >= 15 is 0 Å². The largest absolute Gasteiger partial charge is 0.461 e. The molecule has 0 aromatic carbocycles. The van der Waals surface area contributed by atoms with Gasteiger partial charge >= 0.3 is 5.97 Å². The number of carbonyl (C=O) groups is 1. The van der Waals surface area contributed by atoms with Gasteiger partial charge in [0.2, 0.25) is 20.0 Å². The molecule has 0 saturated heterocycles. The third-order valence-corrected chi connectivity index (χ3v) is 5.12. The van der Waals surface area contributed by atoms with Crippen molar-refractivity contribution in [3.63, 3.8) is 0 Å². The molecule has 0 saturated carbocycles. The van der Waals surface area contributed by atoms with Crippen molar-refractivity contribution in [3.8, 4) is 0 Å². The lowest BCUT2D eigenvalue weighted by Gasteiger charge is -2.19. The highest BCUT2D eigenvalue weighted by Gasteiger charge is 2.16. The molecule has 1 N–H and O–H groups in total. The SMILES string of the molecule is C=C(C)C(=O)OCCN(CCCCCCNS(C)(=O)=O)S(C)(=O)=O. The summed E-state index contributed by atoms with van der Waals surface area (Å²) in [5.74, 6) is -0.540. The molecule has 0 spiro atoms. The lowest BCUT2D eigenvalue weighted by molar-refractivity contribution is -0.139. The standard InChI is InChI=1S/C14H28N2O6S2/c1-13(2)14(17)22-12-11-16(24(4,20)21)10-8-6-5-7-9-15-23(3,18)19/h15H,1,5-12H2,2-4H3. The Kier molecular flexibility index (Phi) is 10.4. The molecule has 0 rings (SSSR count). The number of rotatable bonds is 13. The summed E-state index contributed by atoms with van der Waals surface area (Å²) < 4.78 is 53.8. The summed E-state index contributed by atoms with van der Waals surface area (Å²) in [5.41, 5.74) is 0.267. The summed E-state index contributed by atoms with van der Waals surface area (Å²) in [6.45, 7) is 5.78. The quantitative estimate of drug-likeness (QED) is 0.281. The second-order valence-electron chi connectivity index (χ2n) is 5.66. The molecule has 0 heterocycles. The number of sulfonamides is 2. The number of nitrogens with zero attached hydrogens (tertiary/aromatic N) is 1. The Balaban J connectivity index is 4.05. The van der Waals surface area contributed by atoms with Crippen molar-refractivity contribution >= 4 is 26.0 Å². The Bertz CT molecular complexity index is 613. The van der Waals surface area contributed by atoms with Gasteiger partial charge in [-0.3, -0.25) is 0 Å². The van der Waals surface area contributed by atoms with Gasteiger partial charge < -0.3 is 4.74 Å². The predicted octanol–water partition coefficient (Wildman–Crippen LogP) is 0.477. The first-order chi connectivity index (χ1) is 10.9. The van der Waals surface area contributed by atoms with Crippen molar-refractivity contribution in [2.24, 2.45) is 0 Å². The van der Waals surface area contributed by atoms with Crippen LogP contribution in [0.25, 0.3) is 0 Å². The maximum Gasteiger partial charge on any atom is 0.333 e. The Morgan fingerprint density at radius 3 is 2.12 bits per heavy atom. The highest BCUT2D eigenvalue weighted by Crippen LogP contribution is 2.05. The van der Waals surface area contributed by atoms with E-state index < -0.39 is 26.0 Å². The van der Waals surface area contributed by atoms with Crippen LogP contribution >= 0.6 is 0 Å². The average Bonchev–Trinajstić information content (AvgIpc) is 2.41. The van der Waals surface area contributed by atoms with Gasteiger partial charge in [0.1, 0.15) is 6.61 Å². The van der Waals surface area contributed by atoms with E-state index in [-0.39, 0.29) is 18.7 Å². The van der Waals surface area contributed by atoms with Gasteiger partial charge in [-0.2, -0.15) is 4.31 Å². The molecule has 0 bridgehead atoms. The maximum absolute atomic E-state index is 11.7. The third kappa shape index (κ3) is 12.5. The van der Waals surface area contributed by atoms with Gasteiger partial charge in [0.15, 0.2) is 0 Å². The number of ether oxygens (including phenoxy) is 1. The van der Waals surface area contributed by atoms with Gasteiger partial charge in [-0.25, -0.2) is 26.4 Å². The zero-order valence-corrected chi connectivity index (χ0v) is 16.2. The summed E-state index contributed by atoms with van der Waals surface area (Å²) in [6.07, 6.45) is 5.15. The number of unbranched alkanes of at least 4 members (excludes halogenated alkanes) is 3.